The van der Waals surface area contributed by atoms with Crippen LogP contribution in [0.3, 0.4) is 0 Å². The largest absolute Gasteiger partial charge is 0.449 e. The molecule has 0 aromatic carbocycles. The molecule has 0 saturated heterocycles. The van der Waals surface area contributed by atoms with Crippen LogP contribution in [0.5, 0.6) is 0 Å². The van der Waals surface area contributed by atoms with E-state index < -0.39 is 18.0 Å². The topological polar surface area (TPSA) is 81.4 Å². The molecule has 1 fully saturated rings. The maximum Gasteiger partial charge on any atom is 0.407 e. The lowest BCUT2D eigenvalue weighted by atomic mass is 10.0. The third-order valence-corrected chi connectivity index (χ3v) is 3.27. The highest BCUT2D eigenvalue weighted by molar-refractivity contribution is 5.84. The lowest BCUT2D eigenvalue weighted by Crippen LogP contribution is -2.45. The van der Waals surface area contributed by atoms with Gasteiger partial charge < -0.3 is 15.8 Å². The standard InChI is InChI=1S/C13H24N2O3/c1-9(2)7-11(12(14)16)15-13(17)18-8-10-5-3-4-6-10/h9-11H,3-8H2,1-2H3,(H2,14,16)(H,15,17)/t11-/m0/s1. The van der Waals surface area contributed by atoms with Gasteiger partial charge in [-0.3, -0.25) is 4.79 Å². The van der Waals surface area contributed by atoms with Crippen molar-refractivity contribution in [1.29, 1.82) is 0 Å². The first-order chi connectivity index (χ1) is 8.49. The molecule has 1 aliphatic rings. The van der Waals surface area contributed by atoms with Gasteiger partial charge >= 0.3 is 6.09 Å². The number of ether oxygens (including phenoxy) is 1. The quantitative estimate of drug-likeness (QED) is 0.760. The van der Waals surface area contributed by atoms with E-state index in [0.717, 1.165) is 12.8 Å². The Balaban J connectivity index is 2.29. The molecule has 18 heavy (non-hydrogen) atoms. The van der Waals surface area contributed by atoms with Gasteiger partial charge in [-0.2, -0.15) is 0 Å². The van der Waals surface area contributed by atoms with Crippen molar-refractivity contribution in [3.63, 3.8) is 0 Å². The molecule has 2 amide bonds. The minimum atomic E-state index is -0.638. The Kier molecular flexibility index (Phi) is 5.95. The van der Waals surface area contributed by atoms with Gasteiger partial charge in [0.05, 0.1) is 6.61 Å². The predicted octanol–water partition coefficient (Wildman–Crippen LogP) is 1.80. The number of hydrogen-bond acceptors (Lipinski definition) is 3. The number of amides is 2. The Hall–Kier alpha value is -1.26. The van der Waals surface area contributed by atoms with Gasteiger partial charge in [0.1, 0.15) is 6.04 Å². The second kappa shape index (κ2) is 7.24. The number of nitrogens with one attached hydrogen (secondary N) is 1. The maximum atomic E-state index is 11.6. The first-order valence-electron chi connectivity index (χ1n) is 6.71. The molecule has 0 aromatic heterocycles. The average Bonchev–Trinajstić information content (AvgIpc) is 2.77. The molecular weight excluding hydrogens is 232 g/mol. The van der Waals surface area contributed by atoms with Gasteiger partial charge in [-0.25, -0.2) is 4.79 Å². The zero-order valence-electron chi connectivity index (χ0n) is 11.3. The van der Waals surface area contributed by atoms with Crippen molar-refractivity contribution in [2.24, 2.45) is 17.6 Å². The molecule has 0 radical (unpaired) electrons. The number of rotatable bonds is 6. The van der Waals surface area contributed by atoms with Crippen molar-refractivity contribution < 1.29 is 14.3 Å². The average molecular weight is 256 g/mol. The number of carbonyl (C=O) groups excluding carboxylic acids is 2. The highest BCUT2D eigenvalue weighted by Gasteiger charge is 2.21. The number of nitrogens with two attached hydrogens (primary N) is 1. The summed E-state index contributed by atoms with van der Waals surface area (Å²) in [7, 11) is 0. The third-order valence-electron chi connectivity index (χ3n) is 3.27. The summed E-state index contributed by atoms with van der Waals surface area (Å²) in [6.45, 7) is 4.39. The Labute approximate surface area is 108 Å². The van der Waals surface area contributed by atoms with Crippen LogP contribution in [0.15, 0.2) is 0 Å². The van der Waals surface area contributed by atoms with Crippen LogP contribution in [-0.4, -0.2) is 24.6 Å². The van der Waals surface area contributed by atoms with Gasteiger partial charge in [0.15, 0.2) is 0 Å². The Morgan fingerprint density at radius 2 is 1.94 bits per heavy atom. The molecule has 1 rings (SSSR count). The van der Waals surface area contributed by atoms with Crippen LogP contribution in [0, 0.1) is 11.8 Å². The number of hydrogen-bond donors (Lipinski definition) is 2. The number of primary amides is 1. The Morgan fingerprint density at radius 3 is 2.44 bits per heavy atom. The van der Waals surface area contributed by atoms with Crippen molar-refractivity contribution in [3.8, 4) is 0 Å². The van der Waals surface area contributed by atoms with Gasteiger partial charge in [-0.1, -0.05) is 26.7 Å². The second-order valence-electron chi connectivity index (χ2n) is 5.48. The van der Waals surface area contributed by atoms with E-state index in [0.29, 0.717) is 18.9 Å². The molecule has 3 N–H and O–H groups in total. The fraction of sp³-hybridized carbons (Fsp3) is 0.846. The van der Waals surface area contributed by atoms with Crippen molar-refractivity contribution in [2.45, 2.75) is 52.0 Å². The lowest BCUT2D eigenvalue weighted by Gasteiger charge is -2.18. The molecule has 1 aliphatic carbocycles. The van der Waals surface area contributed by atoms with Gasteiger partial charge in [0, 0.05) is 0 Å². The molecule has 1 saturated carbocycles. The molecule has 0 bridgehead atoms. The normalized spacial score (nSPS) is 17.7. The molecule has 0 unspecified atom stereocenters. The Morgan fingerprint density at radius 1 is 1.33 bits per heavy atom. The van der Waals surface area contributed by atoms with Gasteiger partial charge in [0.2, 0.25) is 5.91 Å². The highest BCUT2D eigenvalue weighted by atomic mass is 16.5. The minimum absolute atomic E-state index is 0.289. The summed E-state index contributed by atoms with van der Waals surface area (Å²) in [4.78, 5) is 22.7. The molecule has 5 heteroatoms. The first-order valence-corrected chi connectivity index (χ1v) is 6.71. The van der Waals surface area contributed by atoms with Crippen molar-refractivity contribution in [2.75, 3.05) is 6.61 Å². The van der Waals surface area contributed by atoms with E-state index in [2.05, 4.69) is 5.32 Å². The SMILES string of the molecule is CC(C)C[C@H](NC(=O)OCC1CCCC1)C(N)=O. The molecule has 0 heterocycles. The second-order valence-corrected chi connectivity index (χ2v) is 5.48. The molecule has 0 aliphatic heterocycles. The van der Waals surface area contributed by atoms with Crippen LogP contribution in [0.2, 0.25) is 0 Å². The summed E-state index contributed by atoms with van der Waals surface area (Å²) >= 11 is 0. The van der Waals surface area contributed by atoms with E-state index in [9.17, 15) is 9.59 Å². The molecule has 5 nitrogen and oxygen atoms in total. The van der Waals surface area contributed by atoms with Crippen LogP contribution in [-0.2, 0) is 9.53 Å². The van der Waals surface area contributed by atoms with Crippen molar-refractivity contribution in [3.05, 3.63) is 0 Å². The summed E-state index contributed by atoms with van der Waals surface area (Å²) in [6.07, 6.45) is 4.68. The van der Waals surface area contributed by atoms with E-state index in [1.165, 1.54) is 12.8 Å². The fourth-order valence-electron chi connectivity index (χ4n) is 2.27. The van der Waals surface area contributed by atoms with E-state index in [1.54, 1.807) is 0 Å². The zero-order valence-corrected chi connectivity index (χ0v) is 11.3. The number of carbonyl (C=O) groups is 2. The smallest absolute Gasteiger partial charge is 0.407 e. The van der Waals surface area contributed by atoms with E-state index in [4.69, 9.17) is 10.5 Å². The van der Waals surface area contributed by atoms with Crippen LogP contribution >= 0.6 is 0 Å². The minimum Gasteiger partial charge on any atom is -0.449 e. The molecule has 0 aromatic rings. The monoisotopic (exact) mass is 256 g/mol. The summed E-state index contributed by atoms with van der Waals surface area (Å²) in [6, 6.07) is -0.638. The van der Waals surface area contributed by atoms with Crippen LogP contribution in [0.25, 0.3) is 0 Å². The summed E-state index contributed by atoms with van der Waals surface area (Å²) in [5.41, 5.74) is 5.24. The van der Waals surface area contributed by atoms with Crippen LogP contribution < -0.4 is 11.1 Å². The van der Waals surface area contributed by atoms with Crippen LogP contribution in [0.1, 0.15) is 46.0 Å². The fourth-order valence-corrected chi connectivity index (χ4v) is 2.27. The summed E-state index contributed by atoms with van der Waals surface area (Å²) < 4.78 is 5.13. The lowest BCUT2D eigenvalue weighted by molar-refractivity contribution is -0.120. The molecule has 1 atom stereocenters. The zero-order chi connectivity index (χ0) is 13.5. The van der Waals surface area contributed by atoms with Gasteiger partial charge in [-0.05, 0) is 31.1 Å². The van der Waals surface area contributed by atoms with E-state index in [-0.39, 0.29) is 5.92 Å². The first kappa shape index (κ1) is 14.8. The maximum absolute atomic E-state index is 11.6. The predicted molar refractivity (Wildman–Crippen MR) is 68.9 cm³/mol. The van der Waals surface area contributed by atoms with Crippen LogP contribution in [0.4, 0.5) is 4.79 Å². The Bertz CT molecular complexity index is 286. The summed E-state index contributed by atoms with van der Waals surface area (Å²) in [5, 5.41) is 2.54. The van der Waals surface area contributed by atoms with E-state index >= 15 is 0 Å². The third kappa shape index (κ3) is 5.38. The molecule has 0 spiro atoms. The van der Waals surface area contributed by atoms with Crippen molar-refractivity contribution >= 4 is 12.0 Å². The molecular formula is C13H24N2O3. The van der Waals surface area contributed by atoms with Gasteiger partial charge in [0.25, 0.3) is 0 Å². The number of alkyl carbamates (subject to hydrolysis) is 1. The summed E-state index contributed by atoms with van der Waals surface area (Å²) in [5.74, 6) is 0.257. The highest BCUT2D eigenvalue weighted by Crippen LogP contribution is 2.24. The van der Waals surface area contributed by atoms with Gasteiger partial charge in [-0.15, -0.1) is 0 Å². The van der Waals surface area contributed by atoms with E-state index in [1.807, 2.05) is 13.8 Å². The van der Waals surface area contributed by atoms with Crippen molar-refractivity contribution in [1.82, 2.24) is 5.32 Å². The molecule has 104 valence electrons.